The van der Waals surface area contributed by atoms with Gasteiger partial charge >= 0.3 is 12.0 Å². The summed E-state index contributed by atoms with van der Waals surface area (Å²) in [5.41, 5.74) is 1.53. The minimum atomic E-state index is -1.00. The summed E-state index contributed by atoms with van der Waals surface area (Å²) < 4.78 is 0. The molecule has 0 spiro atoms. The van der Waals surface area contributed by atoms with Crippen molar-refractivity contribution in [3.63, 3.8) is 0 Å². The average Bonchev–Trinajstić information content (AvgIpc) is 3.06. The number of imidazole rings is 1. The van der Waals surface area contributed by atoms with Crippen LogP contribution < -0.4 is 5.32 Å². The molecule has 0 saturated carbocycles. The van der Waals surface area contributed by atoms with Crippen LogP contribution in [0.4, 0.5) is 4.79 Å². The zero-order valence-corrected chi connectivity index (χ0v) is 10.9. The van der Waals surface area contributed by atoms with E-state index in [1.165, 1.54) is 11.2 Å². The molecule has 1 unspecified atom stereocenters. The third-order valence-corrected chi connectivity index (χ3v) is 3.78. The van der Waals surface area contributed by atoms with E-state index >= 15 is 0 Å². The molecule has 0 saturated heterocycles. The summed E-state index contributed by atoms with van der Waals surface area (Å²) >= 11 is 0. The fourth-order valence-electron chi connectivity index (χ4n) is 2.66. The van der Waals surface area contributed by atoms with Crippen molar-refractivity contribution >= 4 is 12.0 Å². The number of carboxylic acids is 1. The molecule has 3 rings (SSSR count). The third kappa shape index (κ3) is 2.26. The maximum atomic E-state index is 12.3. The van der Waals surface area contributed by atoms with Crippen molar-refractivity contribution in [2.24, 2.45) is 0 Å². The molecule has 1 aromatic heterocycles. The van der Waals surface area contributed by atoms with Crippen molar-refractivity contribution in [3.8, 4) is 0 Å². The van der Waals surface area contributed by atoms with Gasteiger partial charge in [-0.2, -0.15) is 0 Å². The van der Waals surface area contributed by atoms with Crippen molar-refractivity contribution in [2.75, 3.05) is 0 Å². The Labute approximate surface area is 115 Å². The first-order valence-corrected chi connectivity index (χ1v) is 6.61. The van der Waals surface area contributed by atoms with Crippen LogP contribution in [-0.4, -0.2) is 44.1 Å². The number of amides is 2. The maximum Gasteiger partial charge on any atom is 0.326 e. The number of carboxylic acid groups (broad SMARTS) is 1. The fourth-order valence-corrected chi connectivity index (χ4v) is 2.66. The number of H-pyrrole nitrogens is 1. The first-order valence-electron chi connectivity index (χ1n) is 6.61. The van der Waals surface area contributed by atoms with E-state index < -0.39 is 12.0 Å². The number of aliphatic carboxylic acids is 1. The molecule has 0 bridgehead atoms. The van der Waals surface area contributed by atoms with E-state index in [4.69, 9.17) is 0 Å². The van der Waals surface area contributed by atoms with Gasteiger partial charge in [0.15, 0.2) is 0 Å². The minimum Gasteiger partial charge on any atom is -0.480 e. The molecule has 1 aliphatic carbocycles. The third-order valence-electron chi connectivity index (χ3n) is 3.78. The highest BCUT2D eigenvalue weighted by Gasteiger charge is 2.36. The highest BCUT2D eigenvalue weighted by molar-refractivity contribution is 5.83. The van der Waals surface area contributed by atoms with Gasteiger partial charge in [-0.3, -0.25) is 0 Å². The number of aromatic nitrogens is 2. The first kappa shape index (κ1) is 12.7. The number of rotatable bonds is 2. The van der Waals surface area contributed by atoms with E-state index in [0.717, 1.165) is 24.2 Å². The summed E-state index contributed by atoms with van der Waals surface area (Å²) in [7, 11) is 0. The van der Waals surface area contributed by atoms with Gasteiger partial charge < -0.3 is 20.3 Å². The van der Waals surface area contributed by atoms with Crippen LogP contribution >= 0.6 is 0 Å². The molecule has 0 radical (unpaired) electrons. The summed E-state index contributed by atoms with van der Waals surface area (Å²) in [6, 6.07) is -1.12. The number of fused-ring (bicyclic) bond motifs is 1. The second kappa shape index (κ2) is 4.99. The monoisotopic (exact) mass is 276 g/mol. The van der Waals surface area contributed by atoms with Gasteiger partial charge in [0.05, 0.1) is 24.3 Å². The van der Waals surface area contributed by atoms with Crippen LogP contribution in [0.1, 0.15) is 24.2 Å². The van der Waals surface area contributed by atoms with E-state index in [1.807, 2.05) is 12.2 Å². The summed E-state index contributed by atoms with van der Waals surface area (Å²) in [4.78, 5) is 32.1. The molecular formula is C13H16N4O3. The Morgan fingerprint density at radius 3 is 2.85 bits per heavy atom. The van der Waals surface area contributed by atoms with Crippen LogP contribution in [0.3, 0.4) is 0 Å². The summed E-state index contributed by atoms with van der Waals surface area (Å²) in [5, 5.41) is 12.2. The van der Waals surface area contributed by atoms with Crippen LogP contribution in [0.5, 0.6) is 0 Å². The lowest BCUT2D eigenvalue weighted by Crippen LogP contribution is -2.53. The molecule has 1 atom stereocenters. The Bertz CT molecular complexity index is 558. The number of aromatic amines is 1. The number of carbonyl (C=O) groups is 2. The summed E-state index contributed by atoms with van der Waals surface area (Å²) in [5.74, 6) is -1.00. The van der Waals surface area contributed by atoms with Gasteiger partial charge in [0.25, 0.3) is 0 Å². The Hall–Kier alpha value is -2.31. The lowest BCUT2D eigenvalue weighted by molar-refractivity contribution is -0.142. The minimum absolute atomic E-state index is 0.0695. The molecule has 2 heterocycles. The maximum absolute atomic E-state index is 12.3. The van der Waals surface area contributed by atoms with Crippen molar-refractivity contribution in [2.45, 2.75) is 37.9 Å². The molecule has 106 valence electrons. The lowest BCUT2D eigenvalue weighted by Gasteiger charge is -2.33. The Kier molecular flexibility index (Phi) is 3.17. The average molecular weight is 276 g/mol. The topological polar surface area (TPSA) is 98.3 Å². The van der Waals surface area contributed by atoms with Crippen molar-refractivity contribution in [1.82, 2.24) is 20.2 Å². The van der Waals surface area contributed by atoms with Crippen LogP contribution in [0.25, 0.3) is 0 Å². The number of nitrogens with zero attached hydrogens (tertiary/aromatic N) is 2. The smallest absolute Gasteiger partial charge is 0.326 e. The standard InChI is InChI=1S/C13H16N4O3/c18-12(19)11-5-9-10(15-7-14-9)6-17(11)13(20)16-8-3-1-2-4-8/h1-2,7-8,11H,3-6H2,(H,14,15)(H,16,20)(H,18,19). The second-order valence-corrected chi connectivity index (χ2v) is 5.10. The molecule has 1 aromatic rings. The number of hydrogen-bond donors (Lipinski definition) is 3. The molecule has 0 fully saturated rings. The first-order chi connectivity index (χ1) is 9.65. The number of hydrogen-bond acceptors (Lipinski definition) is 3. The predicted molar refractivity (Wildman–Crippen MR) is 70.0 cm³/mol. The molecule has 0 aromatic carbocycles. The Morgan fingerprint density at radius 2 is 2.15 bits per heavy atom. The van der Waals surface area contributed by atoms with Crippen molar-refractivity contribution < 1.29 is 14.7 Å². The zero-order chi connectivity index (χ0) is 14.1. The molecule has 7 nitrogen and oxygen atoms in total. The highest BCUT2D eigenvalue weighted by atomic mass is 16.4. The Morgan fingerprint density at radius 1 is 1.40 bits per heavy atom. The van der Waals surface area contributed by atoms with Crippen LogP contribution in [0.15, 0.2) is 18.5 Å². The molecule has 2 aliphatic rings. The molecule has 1 aliphatic heterocycles. The largest absolute Gasteiger partial charge is 0.480 e. The summed E-state index contributed by atoms with van der Waals surface area (Å²) in [6.45, 7) is 0.248. The van der Waals surface area contributed by atoms with Gasteiger partial charge in [-0.1, -0.05) is 12.2 Å². The molecule has 20 heavy (non-hydrogen) atoms. The molecular weight excluding hydrogens is 260 g/mol. The van der Waals surface area contributed by atoms with E-state index in [1.54, 1.807) is 0 Å². The normalized spacial score (nSPS) is 21.8. The lowest BCUT2D eigenvalue weighted by atomic mass is 10.0. The van der Waals surface area contributed by atoms with Crippen LogP contribution in [0.2, 0.25) is 0 Å². The van der Waals surface area contributed by atoms with Crippen LogP contribution in [0, 0.1) is 0 Å². The number of carbonyl (C=O) groups excluding carboxylic acids is 1. The van der Waals surface area contributed by atoms with Crippen molar-refractivity contribution in [3.05, 3.63) is 29.9 Å². The van der Waals surface area contributed by atoms with E-state index in [-0.39, 0.29) is 25.0 Å². The van der Waals surface area contributed by atoms with Crippen LogP contribution in [-0.2, 0) is 17.8 Å². The van der Waals surface area contributed by atoms with E-state index in [9.17, 15) is 14.7 Å². The number of urea groups is 1. The van der Waals surface area contributed by atoms with E-state index in [2.05, 4.69) is 15.3 Å². The SMILES string of the molecule is O=C(O)C1Cc2nc[nH]c2CN1C(=O)NC1CC=CC1. The predicted octanol–water partition coefficient (Wildman–Crippen LogP) is 0.649. The number of nitrogens with one attached hydrogen (secondary N) is 2. The second-order valence-electron chi connectivity index (χ2n) is 5.10. The van der Waals surface area contributed by atoms with Gasteiger partial charge in [0.2, 0.25) is 0 Å². The quantitative estimate of drug-likeness (QED) is 0.691. The summed E-state index contributed by atoms with van der Waals surface area (Å²) in [6.07, 6.45) is 7.40. The highest BCUT2D eigenvalue weighted by Crippen LogP contribution is 2.21. The molecule has 3 N–H and O–H groups in total. The zero-order valence-electron chi connectivity index (χ0n) is 10.9. The van der Waals surface area contributed by atoms with Crippen molar-refractivity contribution in [1.29, 1.82) is 0 Å². The van der Waals surface area contributed by atoms with E-state index in [0.29, 0.717) is 0 Å². The van der Waals surface area contributed by atoms with Gasteiger partial charge in [0, 0.05) is 12.5 Å². The fraction of sp³-hybridized carbons (Fsp3) is 0.462. The molecule has 2 amide bonds. The van der Waals surface area contributed by atoms with Gasteiger partial charge in [-0.25, -0.2) is 14.6 Å². The van der Waals surface area contributed by atoms with Gasteiger partial charge in [-0.05, 0) is 12.8 Å². The Balaban J connectivity index is 1.75. The van der Waals surface area contributed by atoms with Gasteiger partial charge in [-0.15, -0.1) is 0 Å². The van der Waals surface area contributed by atoms with Gasteiger partial charge in [0.1, 0.15) is 6.04 Å². The molecule has 7 heteroatoms.